The van der Waals surface area contributed by atoms with Gasteiger partial charge in [0.25, 0.3) is 5.78 Å². The van der Waals surface area contributed by atoms with Crippen molar-refractivity contribution >= 4 is 11.6 Å². The van der Waals surface area contributed by atoms with Gasteiger partial charge in [0.05, 0.1) is 12.6 Å². The fourth-order valence-electron chi connectivity index (χ4n) is 1.71. The van der Waals surface area contributed by atoms with Crippen molar-refractivity contribution in [1.82, 2.24) is 19.6 Å². The van der Waals surface area contributed by atoms with Gasteiger partial charge in [-0.2, -0.15) is 14.6 Å². The summed E-state index contributed by atoms with van der Waals surface area (Å²) in [5.41, 5.74) is 0.917. The first kappa shape index (κ1) is 11.8. The van der Waals surface area contributed by atoms with Crippen molar-refractivity contribution in [2.75, 3.05) is 19.0 Å². The molecule has 2 aromatic heterocycles. The zero-order valence-electron chi connectivity index (χ0n) is 10.3. The smallest absolute Gasteiger partial charge is 0.254 e. The molecular weight excluding hydrogens is 218 g/mol. The zero-order chi connectivity index (χ0) is 12.3. The Morgan fingerprint density at radius 3 is 3.06 bits per heavy atom. The fraction of sp³-hybridized carbons (Fsp3) is 0.545. The van der Waals surface area contributed by atoms with Crippen LogP contribution in [0.4, 0.5) is 5.82 Å². The number of hydrogen-bond donors (Lipinski definition) is 1. The number of nitrogens with one attached hydrogen (secondary N) is 1. The zero-order valence-corrected chi connectivity index (χ0v) is 10.3. The van der Waals surface area contributed by atoms with E-state index in [9.17, 15) is 0 Å². The lowest BCUT2D eigenvalue weighted by molar-refractivity contribution is 0.184. The van der Waals surface area contributed by atoms with Crippen LogP contribution in [-0.2, 0) is 4.74 Å². The predicted molar refractivity (Wildman–Crippen MR) is 65.1 cm³/mol. The number of fused-ring (bicyclic) bond motifs is 1. The van der Waals surface area contributed by atoms with Gasteiger partial charge in [-0.25, -0.2) is 4.98 Å². The Labute approximate surface area is 100 Å². The lowest BCUT2D eigenvalue weighted by Crippen LogP contribution is -2.25. The second-order valence-corrected chi connectivity index (χ2v) is 3.96. The van der Waals surface area contributed by atoms with Gasteiger partial charge in [0.1, 0.15) is 12.1 Å². The standard InChI is InChI=1S/C11H17N5O/c1-4-9(6-17-3)15-10-5-8(2)14-11-12-7-13-16(10)11/h5,7,9,15H,4,6H2,1-3H3. The van der Waals surface area contributed by atoms with Crippen LogP contribution in [0.2, 0.25) is 0 Å². The first-order valence-electron chi connectivity index (χ1n) is 5.67. The van der Waals surface area contributed by atoms with E-state index in [2.05, 4.69) is 27.3 Å². The van der Waals surface area contributed by atoms with E-state index in [0.29, 0.717) is 12.4 Å². The number of aromatic nitrogens is 4. The molecule has 6 heteroatoms. The topological polar surface area (TPSA) is 64.3 Å². The molecule has 2 rings (SSSR count). The molecule has 0 saturated carbocycles. The van der Waals surface area contributed by atoms with E-state index in [1.807, 2.05) is 13.0 Å². The van der Waals surface area contributed by atoms with Gasteiger partial charge >= 0.3 is 0 Å². The molecule has 1 atom stereocenters. The minimum atomic E-state index is 0.259. The maximum atomic E-state index is 5.17. The van der Waals surface area contributed by atoms with Crippen molar-refractivity contribution in [3.05, 3.63) is 18.1 Å². The molecule has 0 bridgehead atoms. The van der Waals surface area contributed by atoms with Gasteiger partial charge in [0.15, 0.2) is 0 Å². The van der Waals surface area contributed by atoms with Crippen molar-refractivity contribution in [3.8, 4) is 0 Å². The van der Waals surface area contributed by atoms with Crippen LogP contribution < -0.4 is 5.32 Å². The number of ether oxygens (including phenoxy) is 1. The number of hydrogen-bond acceptors (Lipinski definition) is 5. The Kier molecular flexibility index (Phi) is 3.53. The second-order valence-electron chi connectivity index (χ2n) is 3.96. The van der Waals surface area contributed by atoms with Crippen molar-refractivity contribution in [2.24, 2.45) is 0 Å². The molecule has 1 unspecified atom stereocenters. The normalized spacial score (nSPS) is 12.9. The highest BCUT2D eigenvalue weighted by atomic mass is 16.5. The van der Waals surface area contributed by atoms with E-state index in [4.69, 9.17) is 4.74 Å². The molecule has 0 saturated heterocycles. The van der Waals surface area contributed by atoms with Crippen LogP contribution in [0.3, 0.4) is 0 Å². The Hall–Kier alpha value is -1.69. The van der Waals surface area contributed by atoms with E-state index in [1.165, 1.54) is 6.33 Å². The summed E-state index contributed by atoms with van der Waals surface area (Å²) in [6.07, 6.45) is 2.48. The first-order chi connectivity index (χ1) is 8.24. The number of rotatable bonds is 5. The highest BCUT2D eigenvalue weighted by molar-refractivity contribution is 5.45. The highest BCUT2D eigenvalue weighted by Crippen LogP contribution is 2.12. The lowest BCUT2D eigenvalue weighted by atomic mass is 10.2. The Morgan fingerprint density at radius 1 is 1.53 bits per heavy atom. The fourth-order valence-corrected chi connectivity index (χ4v) is 1.71. The van der Waals surface area contributed by atoms with E-state index < -0.39 is 0 Å². The third-order valence-electron chi connectivity index (χ3n) is 2.59. The first-order valence-corrected chi connectivity index (χ1v) is 5.67. The molecule has 0 radical (unpaired) electrons. The summed E-state index contributed by atoms with van der Waals surface area (Å²) in [4.78, 5) is 8.38. The van der Waals surface area contributed by atoms with Gasteiger partial charge in [-0.1, -0.05) is 6.92 Å². The van der Waals surface area contributed by atoms with Crippen LogP contribution >= 0.6 is 0 Å². The quantitative estimate of drug-likeness (QED) is 0.845. The molecule has 6 nitrogen and oxygen atoms in total. The molecule has 17 heavy (non-hydrogen) atoms. The van der Waals surface area contributed by atoms with Crippen LogP contribution in [0, 0.1) is 6.92 Å². The molecule has 92 valence electrons. The Balaban J connectivity index is 2.30. The molecular formula is C11H17N5O. The van der Waals surface area contributed by atoms with Gasteiger partial charge in [-0.05, 0) is 13.3 Å². The second kappa shape index (κ2) is 5.09. The summed E-state index contributed by atoms with van der Waals surface area (Å²) in [6.45, 7) is 4.72. The third-order valence-corrected chi connectivity index (χ3v) is 2.59. The van der Waals surface area contributed by atoms with Gasteiger partial charge in [0, 0.05) is 18.9 Å². The number of nitrogens with zero attached hydrogens (tertiary/aromatic N) is 4. The third kappa shape index (κ3) is 2.52. The molecule has 1 N–H and O–H groups in total. The number of anilines is 1. The maximum Gasteiger partial charge on any atom is 0.254 e. The van der Waals surface area contributed by atoms with Crippen LogP contribution in [0.1, 0.15) is 19.0 Å². The maximum absolute atomic E-state index is 5.17. The summed E-state index contributed by atoms with van der Waals surface area (Å²) in [7, 11) is 1.70. The van der Waals surface area contributed by atoms with E-state index >= 15 is 0 Å². The van der Waals surface area contributed by atoms with E-state index in [-0.39, 0.29) is 6.04 Å². The summed E-state index contributed by atoms with van der Waals surface area (Å²) < 4.78 is 6.87. The molecule has 0 aliphatic heterocycles. The lowest BCUT2D eigenvalue weighted by Gasteiger charge is -2.17. The monoisotopic (exact) mass is 235 g/mol. The molecule has 0 aromatic carbocycles. The molecule has 0 aliphatic rings. The minimum Gasteiger partial charge on any atom is -0.383 e. The Bertz CT molecular complexity index is 496. The average Bonchev–Trinajstić information content (AvgIpc) is 2.76. The van der Waals surface area contributed by atoms with Crippen molar-refractivity contribution in [3.63, 3.8) is 0 Å². The van der Waals surface area contributed by atoms with E-state index in [0.717, 1.165) is 17.9 Å². The molecule has 0 amide bonds. The van der Waals surface area contributed by atoms with E-state index in [1.54, 1.807) is 11.6 Å². The van der Waals surface area contributed by atoms with Crippen LogP contribution in [0.5, 0.6) is 0 Å². The van der Waals surface area contributed by atoms with Crippen LogP contribution in [0.25, 0.3) is 5.78 Å². The molecule has 0 fully saturated rings. The molecule has 2 aromatic rings. The summed E-state index contributed by atoms with van der Waals surface area (Å²) >= 11 is 0. The summed E-state index contributed by atoms with van der Waals surface area (Å²) in [5, 5.41) is 7.54. The van der Waals surface area contributed by atoms with Crippen LogP contribution in [-0.4, -0.2) is 39.3 Å². The number of aryl methyl sites for hydroxylation is 1. The van der Waals surface area contributed by atoms with Gasteiger partial charge in [-0.15, -0.1) is 0 Å². The Morgan fingerprint density at radius 2 is 2.35 bits per heavy atom. The SMILES string of the molecule is CCC(COC)Nc1cc(C)nc2ncnn12. The largest absolute Gasteiger partial charge is 0.383 e. The average molecular weight is 235 g/mol. The van der Waals surface area contributed by atoms with Crippen molar-refractivity contribution in [1.29, 1.82) is 0 Å². The van der Waals surface area contributed by atoms with Crippen molar-refractivity contribution < 1.29 is 4.74 Å². The van der Waals surface area contributed by atoms with Gasteiger partial charge in [-0.3, -0.25) is 0 Å². The van der Waals surface area contributed by atoms with Crippen LogP contribution in [0.15, 0.2) is 12.4 Å². The molecule has 2 heterocycles. The summed E-state index contributed by atoms with van der Waals surface area (Å²) in [5.74, 6) is 1.51. The van der Waals surface area contributed by atoms with Crippen molar-refractivity contribution in [2.45, 2.75) is 26.3 Å². The molecule has 0 spiro atoms. The molecule has 0 aliphatic carbocycles. The minimum absolute atomic E-state index is 0.259. The van der Waals surface area contributed by atoms with Gasteiger partial charge in [0.2, 0.25) is 0 Å². The van der Waals surface area contributed by atoms with Gasteiger partial charge < -0.3 is 10.1 Å². The number of methoxy groups -OCH3 is 1. The summed E-state index contributed by atoms with van der Waals surface area (Å²) in [6, 6.07) is 2.22. The highest BCUT2D eigenvalue weighted by Gasteiger charge is 2.10. The predicted octanol–water partition coefficient (Wildman–Crippen LogP) is 1.27.